The maximum absolute atomic E-state index is 12.4. The lowest BCUT2D eigenvalue weighted by atomic mass is 9.97. The molecule has 0 atom stereocenters. The van der Waals surface area contributed by atoms with E-state index in [4.69, 9.17) is 9.47 Å². The van der Waals surface area contributed by atoms with Crippen molar-refractivity contribution in [3.63, 3.8) is 0 Å². The number of ether oxygens (including phenoxy) is 2. The summed E-state index contributed by atoms with van der Waals surface area (Å²) in [5, 5.41) is 4.87. The zero-order valence-corrected chi connectivity index (χ0v) is 18.3. The van der Waals surface area contributed by atoms with Crippen molar-refractivity contribution < 1.29 is 19.1 Å². The predicted molar refractivity (Wildman–Crippen MR) is 118 cm³/mol. The first-order valence-electron chi connectivity index (χ1n) is 10.1. The lowest BCUT2D eigenvalue weighted by Gasteiger charge is -2.12. The van der Waals surface area contributed by atoms with Crippen LogP contribution in [0.15, 0.2) is 39.6 Å². The summed E-state index contributed by atoms with van der Waals surface area (Å²) in [7, 11) is 0. The maximum atomic E-state index is 12.4. The van der Waals surface area contributed by atoms with E-state index in [1.165, 1.54) is 47.9 Å². The van der Waals surface area contributed by atoms with E-state index in [-0.39, 0.29) is 30.7 Å². The molecule has 1 aliphatic heterocycles. The molecule has 0 saturated carbocycles. The third kappa shape index (κ3) is 5.64. The van der Waals surface area contributed by atoms with Gasteiger partial charge in [-0.2, -0.15) is 0 Å². The Labute approximate surface area is 184 Å². The molecule has 0 fully saturated rings. The van der Waals surface area contributed by atoms with Crippen molar-refractivity contribution in [1.29, 1.82) is 0 Å². The second kappa shape index (κ2) is 10.1. The van der Waals surface area contributed by atoms with E-state index in [9.17, 15) is 9.59 Å². The second-order valence-corrected chi connectivity index (χ2v) is 9.35. The smallest absolute Gasteiger partial charge is 0.231 e. The van der Waals surface area contributed by atoms with E-state index in [0.717, 1.165) is 22.9 Å². The van der Waals surface area contributed by atoms with Crippen molar-refractivity contribution in [3.8, 4) is 11.5 Å². The Morgan fingerprint density at radius 3 is 2.97 bits per heavy atom. The molecular formula is C22H24N2O4S2. The average molecular weight is 445 g/mol. The van der Waals surface area contributed by atoms with Crippen LogP contribution in [0.5, 0.6) is 11.5 Å². The zero-order chi connectivity index (χ0) is 20.8. The van der Waals surface area contributed by atoms with E-state index in [0.29, 0.717) is 23.6 Å². The number of Topliss-reactive ketones (excluding diaryl/α,β-unsaturated/α-hetero) is 1. The number of thioether (sulfide) groups is 1. The quantitative estimate of drug-likeness (QED) is 0.351. The van der Waals surface area contributed by atoms with Crippen LogP contribution in [0, 0.1) is 0 Å². The van der Waals surface area contributed by atoms with Gasteiger partial charge >= 0.3 is 0 Å². The van der Waals surface area contributed by atoms with Crippen LogP contribution in [0.4, 0.5) is 0 Å². The van der Waals surface area contributed by atoms with Crippen LogP contribution in [0.25, 0.3) is 0 Å². The topological polar surface area (TPSA) is 77.5 Å². The summed E-state index contributed by atoms with van der Waals surface area (Å²) in [6.07, 6.45) is 8.38. The van der Waals surface area contributed by atoms with Crippen LogP contribution >= 0.6 is 23.1 Å². The Morgan fingerprint density at radius 1 is 1.20 bits per heavy atom. The standard InChI is InChI=1S/C22H24N2O4S2/c25-18(16-6-7-19-20(10-16)28-14-27-19)13-30-22-24-17(12-29-22)11-21(26)23-9-8-15-4-2-1-3-5-15/h4,6-7,10,12H,1-3,5,8-9,11,13-14H2,(H,23,26). The third-order valence-corrected chi connectivity index (χ3v) is 7.12. The molecular weight excluding hydrogens is 420 g/mol. The molecule has 0 unspecified atom stereocenters. The Bertz CT molecular complexity index is 954. The fourth-order valence-electron chi connectivity index (χ4n) is 3.44. The van der Waals surface area contributed by atoms with Crippen molar-refractivity contribution in [2.75, 3.05) is 19.1 Å². The van der Waals surface area contributed by atoms with E-state index >= 15 is 0 Å². The van der Waals surface area contributed by atoms with Crippen LogP contribution in [0.2, 0.25) is 0 Å². The minimum Gasteiger partial charge on any atom is -0.454 e. The van der Waals surface area contributed by atoms with Gasteiger partial charge in [-0.25, -0.2) is 4.98 Å². The van der Waals surface area contributed by atoms with Gasteiger partial charge in [-0.05, 0) is 50.3 Å². The van der Waals surface area contributed by atoms with Gasteiger partial charge in [-0.15, -0.1) is 11.3 Å². The molecule has 0 bridgehead atoms. The molecule has 1 aromatic heterocycles. The normalized spacial score (nSPS) is 15.0. The van der Waals surface area contributed by atoms with Crippen LogP contribution < -0.4 is 14.8 Å². The highest BCUT2D eigenvalue weighted by Gasteiger charge is 2.17. The highest BCUT2D eigenvalue weighted by atomic mass is 32.2. The van der Waals surface area contributed by atoms with Gasteiger partial charge in [-0.1, -0.05) is 23.4 Å². The van der Waals surface area contributed by atoms with Crippen molar-refractivity contribution in [1.82, 2.24) is 10.3 Å². The summed E-state index contributed by atoms with van der Waals surface area (Å²) in [4.78, 5) is 29.1. The van der Waals surface area contributed by atoms with Gasteiger partial charge in [0, 0.05) is 17.5 Å². The largest absolute Gasteiger partial charge is 0.454 e. The van der Waals surface area contributed by atoms with Crippen molar-refractivity contribution in [2.24, 2.45) is 0 Å². The molecule has 1 N–H and O–H groups in total. The van der Waals surface area contributed by atoms with Crippen LogP contribution in [-0.2, 0) is 11.2 Å². The molecule has 1 aliphatic carbocycles. The van der Waals surface area contributed by atoms with Crippen LogP contribution in [0.3, 0.4) is 0 Å². The molecule has 0 radical (unpaired) electrons. The van der Waals surface area contributed by atoms with E-state index in [1.54, 1.807) is 18.2 Å². The number of benzene rings is 1. The molecule has 30 heavy (non-hydrogen) atoms. The van der Waals surface area contributed by atoms with Crippen molar-refractivity contribution in [3.05, 3.63) is 46.5 Å². The highest BCUT2D eigenvalue weighted by Crippen LogP contribution is 2.33. The molecule has 4 rings (SSSR count). The van der Waals surface area contributed by atoms with Gasteiger partial charge in [0.05, 0.1) is 17.9 Å². The van der Waals surface area contributed by atoms with Gasteiger partial charge in [0.1, 0.15) is 0 Å². The first kappa shape index (κ1) is 20.9. The van der Waals surface area contributed by atoms with Crippen LogP contribution in [-0.4, -0.2) is 35.8 Å². The molecule has 6 nitrogen and oxygen atoms in total. The number of carbonyl (C=O) groups is 2. The number of carbonyl (C=O) groups excluding carboxylic acids is 2. The number of thiazole rings is 1. The Hall–Kier alpha value is -2.32. The number of hydrogen-bond donors (Lipinski definition) is 1. The van der Waals surface area contributed by atoms with Gasteiger partial charge < -0.3 is 14.8 Å². The lowest BCUT2D eigenvalue weighted by molar-refractivity contribution is -0.120. The summed E-state index contributed by atoms with van der Waals surface area (Å²) in [6.45, 7) is 0.871. The first-order chi connectivity index (χ1) is 14.7. The Morgan fingerprint density at radius 2 is 2.10 bits per heavy atom. The number of nitrogens with one attached hydrogen (secondary N) is 1. The zero-order valence-electron chi connectivity index (χ0n) is 16.6. The minimum absolute atomic E-state index is 0.00445. The number of allylic oxidation sites excluding steroid dienone is 1. The predicted octanol–water partition coefficient (Wildman–Crippen LogP) is 4.40. The van der Waals surface area contributed by atoms with Gasteiger partial charge in [0.2, 0.25) is 12.7 Å². The van der Waals surface area contributed by atoms with E-state index in [1.807, 2.05) is 5.38 Å². The van der Waals surface area contributed by atoms with Crippen molar-refractivity contribution in [2.45, 2.75) is 42.9 Å². The molecule has 8 heteroatoms. The lowest BCUT2D eigenvalue weighted by Crippen LogP contribution is -2.26. The number of hydrogen-bond acceptors (Lipinski definition) is 7. The third-order valence-electron chi connectivity index (χ3n) is 5.05. The minimum atomic E-state index is -0.00954. The Balaban J connectivity index is 1.20. The van der Waals surface area contributed by atoms with E-state index in [2.05, 4.69) is 16.4 Å². The highest BCUT2D eigenvalue weighted by molar-refractivity contribution is 8.01. The van der Waals surface area contributed by atoms with Gasteiger partial charge in [-0.3, -0.25) is 9.59 Å². The maximum Gasteiger partial charge on any atom is 0.231 e. The number of nitrogens with zero attached hydrogens (tertiary/aromatic N) is 1. The molecule has 2 aliphatic rings. The summed E-state index contributed by atoms with van der Waals surface area (Å²) in [5.74, 6) is 1.55. The fourth-order valence-corrected chi connectivity index (χ4v) is 5.18. The van der Waals surface area contributed by atoms with Crippen LogP contribution in [0.1, 0.15) is 48.2 Å². The summed E-state index contributed by atoms with van der Waals surface area (Å²) in [5.41, 5.74) is 2.80. The molecule has 1 amide bonds. The van der Waals surface area contributed by atoms with Gasteiger partial charge in [0.25, 0.3) is 0 Å². The Kier molecular flexibility index (Phi) is 7.07. The van der Waals surface area contributed by atoms with Gasteiger partial charge in [0.15, 0.2) is 21.6 Å². The summed E-state index contributed by atoms with van der Waals surface area (Å²) in [6, 6.07) is 5.22. The first-order valence-corrected chi connectivity index (χ1v) is 12.0. The number of fused-ring (bicyclic) bond motifs is 1. The average Bonchev–Trinajstić information content (AvgIpc) is 3.41. The summed E-state index contributed by atoms with van der Waals surface area (Å²) < 4.78 is 11.4. The molecule has 158 valence electrons. The molecule has 0 saturated heterocycles. The molecule has 1 aromatic carbocycles. The number of amides is 1. The second-order valence-electron chi connectivity index (χ2n) is 7.27. The number of ketones is 1. The summed E-state index contributed by atoms with van der Waals surface area (Å²) >= 11 is 2.85. The monoisotopic (exact) mass is 444 g/mol. The SMILES string of the molecule is O=C(Cc1csc(SCC(=O)c2ccc3c(c2)OCO3)n1)NCCC1=CCCCC1. The number of rotatable bonds is 9. The fraction of sp³-hybridized carbons (Fsp3) is 0.409. The van der Waals surface area contributed by atoms with E-state index < -0.39 is 0 Å². The number of aromatic nitrogens is 1. The molecule has 2 heterocycles. The molecule has 2 aromatic rings. The van der Waals surface area contributed by atoms with Crippen molar-refractivity contribution >= 4 is 34.8 Å². The molecule has 0 spiro atoms.